The van der Waals surface area contributed by atoms with Crippen molar-refractivity contribution < 1.29 is 18.0 Å². The van der Waals surface area contributed by atoms with Crippen LogP contribution < -0.4 is 5.73 Å². The lowest BCUT2D eigenvalue weighted by atomic mass is 9.90. The van der Waals surface area contributed by atoms with Crippen LogP contribution in [-0.4, -0.2) is 35.4 Å². The predicted octanol–water partition coefficient (Wildman–Crippen LogP) is 1.91. The second-order valence-corrected chi connectivity index (χ2v) is 5.42. The van der Waals surface area contributed by atoms with Crippen molar-refractivity contribution in [1.82, 2.24) is 9.88 Å². The molecule has 0 aromatic carbocycles. The summed E-state index contributed by atoms with van der Waals surface area (Å²) in [5, 5.41) is 0. The normalized spacial score (nSPS) is 23.1. The summed E-state index contributed by atoms with van der Waals surface area (Å²) >= 11 is 0. The molecule has 1 aliphatic heterocycles. The molecule has 1 unspecified atom stereocenters. The molecule has 0 spiro atoms. The minimum absolute atomic E-state index is 0.116. The standard InChI is InChI=1S/C13H16F3N3O/c1-12(7-17)4-5-19(8-12)11(20)9-2-3-10(18-6-9)13(14,15)16/h2-3,6H,4-5,7-8,17H2,1H3. The molecule has 1 amide bonds. The first-order valence-corrected chi connectivity index (χ1v) is 6.28. The number of nitrogens with zero attached hydrogens (tertiary/aromatic N) is 2. The average molecular weight is 287 g/mol. The Morgan fingerprint density at radius 3 is 2.65 bits per heavy atom. The molecule has 1 aliphatic rings. The van der Waals surface area contributed by atoms with Crippen molar-refractivity contribution in [2.45, 2.75) is 19.5 Å². The number of rotatable bonds is 2. The molecular formula is C13H16F3N3O. The number of carbonyl (C=O) groups is 1. The molecule has 7 heteroatoms. The van der Waals surface area contributed by atoms with Crippen molar-refractivity contribution in [2.24, 2.45) is 11.1 Å². The highest BCUT2D eigenvalue weighted by Crippen LogP contribution is 2.30. The molecule has 1 aromatic rings. The highest BCUT2D eigenvalue weighted by Gasteiger charge is 2.36. The summed E-state index contributed by atoms with van der Waals surface area (Å²) in [6, 6.07) is 1.99. The van der Waals surface area contributed by atoms with Crippen molar-refractivity contribution in [1.29, 1.82) is 0 Å². The first-order valence-electron chi connectivity index (χ1n) is 6.28. The SMILES string of the molecule is CC1(CN)CCN(C(=O)c2ccc(C(F)(F)F)nc2)C1. The van der Waals surface area contributed by atoms with Crippen LogP contribution in [0.3, 0.4) is 0 Å². The maximum atomic E-state index is 12.4. The van der Waals surface area contributed by atoms with E-state index in [-0.39, 0.29) is 16.9 Å². The summed E-state index contributed by atoms with van der Waals surface area (Å²) in [7, 11) is 0. The highest BCUT2D eigenvalue weighted by molar-refractivity contribution is 5.94. The second-order valence-electron chi connectivity index (χ2n) is 5.42. The Morgan fingerprint density at radius 2 is 2.20 bits per heavy atom. The Bertz CT molecular complexity index is 501. The van der Waals surface area contributed by atoms with Gasteiger partial charge in [0.1, 0.15) is 5.69 Å². The molecule has 4 nitrogen and oxygen atoms in total. The molecule has 2 rings (SSSR count). The lowest BCUT2D eigenvalue weighted by Gasteiger charge is -2.22. The zero-order valence-corrected chi connectivity index (χ0v) is 11.1. The number of amides is 1. The van der Waals surface area contributed by atoms with Crippen LogP contribution in [0, 0.1) is 5.41 Å². The maximum Gasteiger partial charge on any atom is 0.433 e. The summed E-state index contributed by atoms with van der Waals surface area (Å²) in [4.78, 5) is 17.1. The van der Waals surface area contributed by atoms with Crippen LogP contribution in [0.5, 0.6) is 0 Å². The zero-order chi connectivity index (χ0) is 15.0. The van der Waals surface area contributed by atoms with Gasteiger partial charge in [-0.15, -0.1) is 0 Å². The van der Waals surface area contributed by atoms with Crippen molar-refractivity contribution in [3.05, 3.63) is 29.6 Å². The van der Waals surface area contributed by atoms with Crippen molar-refractivity contribution >= 4 is 5.91 Å². The number of pyridine rings is 1. The molecule has 2 N–H and O–H groups in total. The van der Waals surface area contributed by atoms with E-state index in [9.17, 15) is 18.0 Å². The van der Waals surface area contributed by atoms with Crippen LogP contribution in [0.1, 0.15) is 29.4 Å². The monoisotopic (exact) mass is 287 g/mol. The van der Waals surface area contributed by atoms with Gasteiger partial charge < -0.3 is 10.6 Å². The van der Waals surface area contributed by atoms with Gasteiger partial charge in [0.05, 0.1) is 5.56 Å². The van der Waals surface area contributed by atoms with Gasteiger partial charge in [0.15, 0.2) is 0 Å². The number of alkyl halides is 3. The van der Waals surface area contributed by atoms with Crippen LogP contribution in [0.25, 0.3) is 0 Å². The van der Waals surface area contributed by atoms with Gasteiger partial charge in [0.2, 0.25) is 0 Å². The largest absolute Gasteiger partial charge is 0.433 e. The van der Waals surface area contributed by atoms with Crippen LogP contribution in [0.4, 0.5) is 13.2 Å². The fourth-order valence-corrected chi connectivity index (χ4v) is 2.23. The second kappa shape index (κ2) is 5.05. The lowest BCUT2D eigenvalue weighted by Crippen LogP contribution is -2.34. The molecule has 0 radical (unpaired) electrons. The third-order valence-corrected chi connectivity index (χ3v) is 3.64. The number of hydrogen-bond acceptors (Lipinski definition) is 3. The van der Waals surface area contributed by atoms with Gasteiger partial charge in [-0.05, 0) is 30.5 Å². The molecule has 1 aromatic heterocycles. The number of carbonyl (C=O) groups excluding carboxylic acids is 1. The van der Waals surface area contributed by atoms with E-state index >= 15 is 0 Å². The predicted molar refractivity (Wildman–Crippen MR) is 66.9 cm³/mol. The van der Waals surface area contributed by atoms with Gasteiger partial charge in [-0.1, -0.05) is 6.92 Å². The number of aromatic nitrogens is 1. The first kappa shape index (κ1) is 14.8. The molecule has 1 atom stereocenters. The van der Waals surface area contributed by atoms with Gasteiger partial charge in [0, 0.05) is 19.3 Å². The van der Waals surface area contributed by atoms with E-state index in [1.807, 2.05) is 6.92 Å². The molecule has 0 saturated carbocycles. The summed E-state index contributed by atoms with van der Waals surface area (Å²) in [5.74, 6) is -0.302. The molecule has 110 valence electrons. The van der Waals surface area contributed by atoms with Gasteiger partial charge >= 0.3 is 6.18 Å². The van der Waals surface area contributed by atoms with Crippen molar-refractivity contribution in [3.8, 4) is 0 Å². The number of hydrogen-bond donors (Lipinski definition) is 1. The molecular weight excluding hydrogens is 271 g/mol. The number of nitrogens with two attached hydrogens (primary N) is 1. The fraction of sp³-hybridized carbons (Fsp3) is 0.538. The topological polar surface area (TPSA) is 59.2 Å². The molecule has 20 heavy (non-hydrogen) atoms. The Kier molecular flexibility index (Phi) is 3.73. The lowest BCUT2D eigenvalue weighted by molar-refractivity contribution is -0.141. The quantitative estimate of drug-likeness (QED) is 0.904. The van der Waals surface area contributed by atoms with E-state index in [0.29, 0.717) is 19.6 Å². The molecule has 2 heterocycles. The third-order valence-electron chi connectivity index (χ3n) is 3.64. The summed E-state index contributed by atoms with van der Waals surface area (Å²) < 4.78 is 37.2. The fourth-order valence-electron chi connectivity index (χ4n) is 2.23. The van der Waals surface area contributed by atoms with E-state index in [1.165, 1.54) is 0 Å². The van der Waals surface area contributed by atoms with Gasteiger partial charge in [-0.25, -0.2) is 0 Å². The van der Waals surface area contributed by atoms with E-state index in [2.05, 4.69) is 4.98 Å². The van der Waals surface area contributed by atoms with Crippen LogP contribution in [-0.2, 0) is 6.18 Å². The molecule has 1 saturated heterocycles. The summed E-state index contributed by atoms with van der Waals surface area (Å²) in [6.45, 7) is 3.55. The van der Waals surface area contributed by atoms with Crippen molar-refractivity contribution in [2.75, 3.05) is 19.6 Å². The Balaban J connectivity index is 2.11. The van der Waals surface area contributed by atoms with Gasteiger partial charge in [0.25, 0.3) is 5.91 Å². The Labute approximate surface area is 114 Å². The molecule has 0 aliphatic carbocycles. The minimum Gasteiger partial charge on any atom is -0.338 e. The van der Waals surface area contributed by atoms with Gasteiger partial charge in [-0.3, -0.25) is 9.78 Å². The van der Waals surface area contributed by atoms with Crippen molar-refractivity contribution in [3.63, 3.8) is 0 Å². The summed E-state index contributed by atoms with van der Waals surface area (Å²) in [6.07, 6.45) is -2.72. The van der Waals surface area contributed by atoms with Crippen LogP contribution in [0.2, 0.25) is 0 Å². The number of halogens is 3. The van der Waals surface area contributed by atoms with E-state index in [1.54, 1.807) is 4.90 Å². The smallest absolute Gasteiger partial charge is 0.338 e. The Hall–Kier alpha value is -1.63. The summed E-state index contributed by atoms with van der Waals surface area (Å²) in [5.41, 5.74) is 4.71. The first-order chi connectivity index (χ1) is 9.25. The van der Waals surface area contributed by atoms with E-state index in [4.69, 9.17) is 5.73 Å². The van der Waals surface area contributed by atoms with Crippen LogP contribution >= 0.6 is 0 Å². The highest BCUT2D eigenvalue weighted by atomic mass is 19.4. The molecule has 0 bridgehead atoms. The average Bonchev–Trinajstić information content (AvgIpc) is 2.80. The number of likely N-dealkylation sites (tertiary alicyclic amines) is 1. The van der Waals surface area contributed by atoms with Gasteiger partial charge in [-0.2, -0.15) is 13.2 Å². The maximum absolute atomic E-state index is 12.4. The molecule has 1 fully saturated rings. The van der Waals surface area contributed by atoms with Crippen LogP contribution in [0.15, 0.2) is 18.3 Å². The third kappa shape index (κ3) is 2.92. The van der Waals surface area contributed by atoms with E-state index in [0.717, 1.165) is 24.8 Å². The van der Waals surface area contributed by atoms with E-state index < -0.39 is 11.9 Å². The zero-order valence-electron chi connectivity index (χ0n) is 11.1. The minimum atomic E-state index is -4.49. The Morgan fingerprint density at radius 1 is 1.50 bits per heavy atom.